The third-order valence-corrected chi connectivity index (χ3v) is 5.51. The van der Waals surface area contributed by atoms with Gasteiger partial charge in [0.2, 0.25) is 10.0 Å². The molecule has 0 saturated heterocycles. The monoisotopic (exact) mass is 301 g/mol. The normalized spacial score (nSPS) is 16.3. The molecule has 1 aromatic rings. The zero-order valence-corrected chi connectivity index (χ0v) is 12.9. The molecule has 0 unspecified atom stereocenters. The molecule has 1 fully saturated rings. The van der Waals surface area contributed by atoms with Crippen molar-refractivity contribution in [2.45, 2.75) is 43.5 Å². The summed E-state index contributed by atoms with van der Waals surface area (Å²) in [5, 5.41) is 0. The number of rotatable bonds is 6. The molecule has 1 aliphatic carbocycles. The van der Waals surface area contributed by atoms with Crippen LogP contribution in [-0.2, 0) is 15.9 Å². The quantitative estimate of drug-likeness (QED) is 0.757. The van der Waals surface area contributed by atoms with Crippen molar-refractivity contribution >= 4 is 21.6 Å². The molecule has 3 nitrogen and oxygen atoms in total. The van der Waals surface area contributed by atoms with Gasteiger partial charge in [0.05, 0.1) is 4.90 Å². The van der Waals surface area contributed by atoms with Gasteiger partial charge >= 0.3 is 0 Å². The molecule has 1 aliphatic rings. The molecule has 0 N–H and O–H groups in total. The van der Waals surface area contributed by atoms with Crippen LogP contribution in [0.15, 0.2) is 29.2 Å². The van der Waals surface area contributed by atoms with Gasteiger partial charge in [-0.25, -0.2) is 8.42 Å². The Morgan fingerprint density at radius 2 is 1.95 bits per heavy atom. The smallest absolute Gasteiger partial charge is 0.207 e. The molecule has 0 spiro atoms. The Morgan fingerprint density at radius 3 is 2.47 bits per heavy atom. The van der Waals surface area contributed by atoms with Crippen LogP contribution in [0.2, 0.25) is 0 Å². The van der Waals surface area contributed by atoms with E-state index in [4.69, 9.17) is 11.6 Å². The average molecular weight is 302 g/mol. The minimum absolute atomic E-state index is 0.177. The molecule has 0 radical (unpaired) electrons. The van der Waals surface area contributed by atoms with Gasteiger partial charge < -0.3 is 0 Å². The van der Waals surface area contributed by atoms with E-state index in [1.165, 1.54) is 0 Å². The van der Waals surface area contributed by atoms with Crippen LogP contribution in [-0.4, -0.2) is 25.3 Å². The Balaban J connectivity index is 2.39. The second-order valence-electron chi connectivity index (χ2n) is 5.44. The highest BCUT2D eigenvalue weighted by Gasteiger charge is 2.38. The lowest BCUT2D eigenvalue weighted by atomic mass is 10.2. The Bertz CT molecular complexity index is 538. The number of halogens is 1. The van der Waals surface area contributed by atoms with Crippen LogP contribution in [0.1, 0.15) is 32.3 Å². The number of alkyl halides is 1. The van der Waals surface area contributed by atoms with Crippen LogP contribution in [0.25, 0.3) is 0 Å². The highest BCUT2D eigenvalue weighted by Crippen LogP contribution is 2.33. The largest absolute Gasteiger partial charge is 0.243 e. The van der Waals surface area contributed by atoms with Gasteiger partial charge in [-0.15, -0.1) is 11.6 Å². The van der Waals surface area contributed by atoms with Crippen molar-refractivity contribution in [3.63, 3.8) is 0 Å². The molecule has 0 amide bonds. The van der Waals surface area contributed by atoms with E-state index in [1.54, 1.807) is 22.5 Å². The lowest BCUT2D eigenvalue weighted by molar-refractivity contribution is 0.360. The molecule has 106 valence electrons. The number of sulfonamides is 1. The predicted molar refractivity (Wildman–Crippen MR) is 77.8 cm³/mol. The first-order valence-corrected chi connectivity index (χ1v) is 8.60. The lowest BCUT2D eigenvalue weighted by Gasteiger charge is -2.24. The van der Waals surface area contributed by atoms with Crippen molar-refractivity contribution < 1.29 is 8.42 Å². The first-order valence-electron chi connectivity index (χ1n) is 6.62. The fourth-order valence-electron chi connectivity index (χ4n) is 2.16. The van der Waals surface area contributed by atoms with Crippen molar-refractivity contribution in [1.29, 1.82) is 0 Å². The van der Waals surface area contributed by atoms with Crippen LogP contribution < -0.4 is 0 Å². The van der Waals surface area contributed by atoms with Crippen LogP contribution >= 0.6 is 11.6 Å². The Labute approximate surface area is 120 Å². The van der Waals surface area contributed by atoms with E-state index in [0.717, 1.165) is 12.8 Å². The highest BCUT2D eigenvalue weighted by molar-refractivity contribution is 7.89. The maximum Gasteiger partial charge on any atom is 0.243 e. The number of nitrogens with zero attached hydrogens (tertiary/aromatic N) is 1. The zero-order valence-electron chi connectivity index (χ0n) is 11.3. The first kappa shape index (κ1) is 14.8. The molecule has 19 heavy (non-hydrogen) atoms. The molecule has 0 bridgehead atoms. The van der Waals surface area contributed by atoms with Gasteiger partial charge in [0.15, 0.2) is 0 Å². The molecule has 0 aliphatic heterocycles. The average Bonchev–Trinajstić information content (AvgIpc) is 3.19. The molecule has 0 aromatic heterocycles. The van der Waals surface area contributed by atoms with Crippen LogP contribution in [0.5, 0.6) is 0 Å². The first-order chi connectivity index (χ1) is 8.96. The van der Waals surface area contributed by atoms with Crippen LogP contribution in [0.3, 0.4) is 0 Å². The second-order valence-corrected chi connectivity index (χ2v) is 7.57. The summed E-state index contributed by atoms with van der Waals surface area (Å²) in [5.41, 5.74) is 0.679. The summed E-state index contributed by atoms with van der Waals surface area (Å²) in [6.45, 7) is 4.65. The van der Waals surface area contributed by atoms with Gasteiger partial charge in [-0.3, -0.25) is 0 Å². The predicted octanol–water partition coefficient (Wildman–Crippen LogP) is 3.23. The standard InChI is InChI=1S/C14H20ClNO2S/c1-11(2)10-16(13-7-8-13)19(17,18)14-6-4-3-5-12(14)9-15/h3-6,11,13H,7-10H2,1-2H3. The van der Waals surface area contributed by atoms with E-state index >= 15 is 0 Å². The number of benzene rings is 1. The maximum absolute atomic E-state index is 12.8. The molecule has 0 atom stereocenters. The Kier molecular flexibility index (Phi) is 4.54. The van der Waals surface area contributed by atoms with Crippen molar-refractivity contribution in [3.8, 4) is 0 Å². The fourth-order valence-corrected chi connectivity index (χ4v) is 4.54. The summed E-state index contributed by atoms with van der Waals surface area (Å²) in [6, 6.07) is 7.18. The maximum atomic E-state index is 12.8. The summed E-state index contributed by atoms with van der Waals surface area (Å²) in [5.74, 6) is 0.536. The molecule has 1 aromatic carbocycles. The van der Waals surface area contributed by atoms with Gasteiger partial charge in [-0.1, -0.05) is 32.0 Å². The van der Waals surface area contributed by atoms with Crippen molar-refractivity contribution in [3.05, 3.63) is 29.8 Å². The van der Waals surface area contributed by atoms with Gasteiger partial charge in [0, 0.05) is 18.5 Å². The topological polar surface area (TPSA) is 37.4 Å². The molecule has 5 heteroatoms. The van der Waals surface area contributed by atoms with E-state index < -0.39 is 10.0 Å². The van der Waals surface area contributed by atoms with E-state index in [1.807, 2.05) is 19.9 Å². The van der Waals surface area contributed by atoms with Gasteiger partial charge in [0.25, 0.3) is 0 Å². The number of hydrogen-bond donors (Lipinski definition) is 0. The fraction of sp³-hybridized carbons (Fsp3) is 0.571. The van der Waals surface area contributed by atoms with E-state index in [9.17, 15) is 8.42 Å². The highest BCUT2D eigenvalue weighted by atomic mass is 35.5. The Morgan fingerprint density at radius 1 is 1.32 bits per heavy atom. The Hall–Kier alpha value is -0.580. The minimum Gasteiger partial charge on any atom is -0.207 e. The SMILES string of the molecule is CC(C)CN(C1CC1)S(=O)(=O)c1ccccc1CCl. The van der Waals surface area contributed by atoms with E-state index in [2.05, 4.69) is 0 Å². The van der Waals surface area contributed by atoms with Crippen molar-refractivity contribution in [2.24, 2.45) is 5.92 Å². The van der Waals surface area contributed by atoms with Crippen molar-refractivity contribution in [2.75, 3.05) is 6.54 Å². The summed E-state index contributed by atoms with van der Waals surface area (Å²) in [7, 11) is -3.43. The molecule has 2 rings (SSSR count). The van der Waals surface area contributed by atoms with Crippen LogP contribution in [0, 0.1) is 5.92 Å². The molecule has 0 heterocycles. The van der Waals surface area contributed by atoms with Crippen molar-refractivity contribution in [1.82, 2.24) is 4.31 Å². The lowest BCUT2D eigenvalue weighted by Crippen LogP contribution is -2.36. The van der Waals surface area contributed by atoms with E-state index in [0.29, 0.717) is 22.9 Å². The summed E-state index contributed by atoms with van der Waals surface area (Å²) in [6.07, 6.45) is 1.93. The second kappa shape index (κ2) is 5.81. The van der Waals surface area contributed by atoms with Gasteiger partial charge in [-0.2, -0.15) is 4.31 Å². The summed E-state index contributed by atoms with van der Waals surface area (Å²) >= 11 is 5.86. The zero-order chi connectivity index (χ0) is 14.0. The molecular weight excluding hydrogens is 282 g/mol. The third kappa shape index (κ3) is 3.30. The van der Waals surface area contributed by atoms with Crippen LogP contribution in [0.4, 0.5) is 0 Å². The summed E-state index contributed by atoms with van der Waals surface area (Å²) in [4.78, 5) is 0.359. The van der Waals surface area contributed by atoms with Gasteiger partial charge in [0.1, 0.15) is 0 Å². The van der Waals surface area contributed by atoms with E-state index in [-0.39, 0.29) is 11.9 Å². The third-order valence-electron chi connectivity index (χ3n) is 3.20. The molecule has 1 saturated carbocycles. The van der Waals surface area contributed by atoms with Gasteiger partial charge in [-0.05, 0) is 30.4 Å². The summed E-state index contributed by atoms with van der Waals surface area (Å²) < 4.78 is 27.2. The number of hydrogen-bond acceptors (Lipinski definition) is 2. The minimum atomic E-state index is -3.43. The molecular formula is C14H20ClNO2S.